The molecule has 0 amide bonds. The largest absolute Gasteiger partial charge is 0.459 e. The van der Waals surface area contributed by atoms with Crippen LogP contribution in [-0.4, -0.2) is 11.5 Å². The average Bonchev–Trinajstić information content (AvgIpc) is 3.03. The maximum absolute atomic E-state index is 6.09. The molecular formula is C16H18N2OS. The molecule has 20 heavy (non-hydrogen) atoms. The highest BCUT2D eigenvalue weighted by atomic mass is 32.1. The Morgan fingerprint density at radius 1 is 1.35 bits per heavy atom. The van der Waals surface area contributed by atoms with E-state index in [-0.39, 0.29) is 6.04 Å². The first kappa shape index (κ1) is 13.3. The first-order valence-corrected chi connectivity index (χ1v) is 7.65. The van der Waals surface area contributed by atoms with Crippen LogP contribution in [-0.2, 0) is 0 Å². The molecule has 0 bridgehead atoms. The van der Waals surface area contributed by atoms with Crippen molar-refractivity contribution in [1.29, 1.82) is 0 Å². The van der Waals surface area contributed by atoms with Crippen LogP contribution < -0.4 is 5.32 Å². The summed E-state index contributed by atoms with van der Waals surface area (Å²) in [6, 6.07) is 8.45. The van der Waals surface area contributed by atoms with Crippen molar-refractivity contribution < 1.29 is 4.42 Å². The van der Waals surface area contributed by atoms with Crippen molar-refractivity contribution in [1.82, 2.24) is 10.3 Å². The molecule has 0 saturated heterocycles. The van der Waals surface area contributed by atoms with Crippen LogP contribution in [0.25, 0.3) is 11.0 Å². The molecule has 3 nitrogen and oxygen atoms in total. The number of nitrogens with zero attached hydrogens (tertiary/aromatic N) is 1. The number of aryl methyl sites for hydroxylation is 2. The Labute approximate surface area is 122 Å². The molecule has 0 aliphatic rings. The lowest BCUT2D eigenvalue weighted by atomic mass is 10.1. The zero-order valence-corrected chi connectivity index (χ0v) is 12.8. The molecule has 3 aromatic rings. The van der Waals surface area contributed by atoms with Gasteiger partial charge >= 0.3 is 0 Å². The van der Waals surface area contributed by atoms with E-state index in [0.29, 0.717) is 0 Å². The molecule has 2 heterocycles. The maximum Gasteiger partial charge on any atom is 0.137 e. The number of benzene rings is 1. The van der Waals surface area contributed by atoms with Crippen LogP contribution in [0, 0.1) is 13.8 Å². The molecule has 1 atom stereocenters. The molecule has 1 aromatic carbocycles. The van der Waals surface area contributed by atoms with Gasteiger partial charge in [-0.1, -0.05) is 25.1 Å². The first-order valence-electron chi connectivity index (χ1n) is 6.84. The zero-order valence-electron chi connectivity index (χ0n) is 11.9. The van der Waals surface area contributed by atoms with Crippen molar-refractivity contribution in [3.8, 4) is 0 Å². The lowest BCUT2D eigenvalue weighted by Crippen LogP contribution is -2.20. The van der Waals surface area contributed by atoms with E-state index < -0.39 is 0 Å². The number of hydrogen-bond acceptors (Lipinski definition) is 4. The van der Waals surface area contributed by atoms with Crippen molar-refractivity contribution in [2.24, 2.45) is 0 Å². The number of thiazole rings is 1. The molecule has 1 unspecified atom stereocenters. The summed E-state index contributed by atoms with van der Waals surface area (Å²) < 4.78 is 6.09. The highest BCUT2D eigenvalue weighted by Gasteiger charge is 2.20. The second-order valence-corrected chi connectivity index (χ2v) is 6.18. The smallest absolute Gasteiger partial charge is 0.137 e. The van der Waals surface area contributed by atoms with E-state index in [1.807, 2.05) is 13.1 Å². The third kappa shape index (κ3) is 2.37. The van der Waals surface area contributed by atoms with Crippen molar-refractivity contribution in [2.75, 3.05) is 6.54 Å². The second kappa shape index (κ2) is 5.38. The standard InChI is InChI=1S/C16H18N2OS/c1-4-17-15(14-9-18-11(3)20-14)13-8-12-7-5-6-10(2)16(12)19-13/h5-9,15,17H,4H2,1-3H3. The Hall–Kier alpha value is -1.65. The third-order valence-electron chi connectivity index (χ3n) is 3.38. The molecule has 0 spiro atoms. The summed E-state index contributed by atoms with van der Waals surface area (Å²) in [6.45, 7) is 7.10. The summed E-state index contributed by atoms with van der Waals surface area (Å²) in [5, 5.41) is 5.72. The molecule has 0 aliphatic heterocycles. The van der Waals surface area contributed by atoms with Gasteiger partial charge in [-0.2, -0.15) is 0 Å². The number of hydrogen-bond donors (Lipinski definition) is 1. The van der Waals surface area contributed by atoms with Crippen molar-refractivity contribution >= 4 is 22.3 Å². The lowest BCUT2D eigenvalue weighted by molar-refractivity contribution is 0.479. The average molecular weight is 286 g/mol. The van der Waals surface area contributed by atoms with Crippen LogP contribution in [0.15, 0.2) is 34.9 Å². The molecule has 1 N–H and O–H groups in total. The van der Waals surface area contributed by atoms with E-state index in [1.165, 1.54) is 10.4 Å². The number of fused-ring (bicyclic) bond motifs is 1. The van der Waals surface area contributed by atoms with Crippen LogP contribution in [0.4, 0.5) is 0 Å². The minimum atomic E-state index is 0.0815. The van der Waals surface area contributed by atoms with Gasteiger partial charge in [-0.3, -0.25) is 0 Å². The SMILES string of the molecule is CCNC(c1cc2cccc(C)c2o1)c1cnc(C)s1. The predicted molar refractivity (Wildman–Crippen MR) is 83.3 cm³/mol. The molecular weight excluding hydrogens is 268 g/mol. The van der Waals surface area contributed by atoms with Gasteiger partial charge < -0.3 is 9.73 Å². The molecule has 0 radical (unpaired) electrons. The normalized spacial score (nSPS) is 12.9. The van der Waals surface area contributed by atoms with Gasteiger partial charge in [0.2, 0.25) is 0 Å². The molecule has 4 heteroatoms. The van der Waals surface area contributed by atoms with Gasteiger partial charge in [-0.25, -0.2) is 4.98 Å². The van der Waals surface area contributed by atoms with E-state index in [9.17, 15) is 0 Å². The number of nitrogens with one attached hydrogen (secondary N) is 1. The van der Waals surface area contributed by atoms with Crippen molar-refractivity contribution in [3.05, 3.63) is 51.7 Å². The summed E-state index contributed by atoms with van der Waals surface area (Å²) in [7, 11) is 0. The van der Waals surface area contributed by atoms with Gasteiger partial charge in [0.15, 0.2) is 0 Å². The molecule has 104 valence electrons. The number of aromatic nitrogens is 1. The summed E-state index contributed by atoms with van der Waals surface area (Å²) >= 11 is 1.71. The fourth-order valence-corrected chi connectivity index (χ4v) is 3.30. The third-order valence-corrected chi connectivity index (χ3v) is 4.35. The Balaban J connectivity index is 2.07. The Kier molecular flexibility index (Phi) is 3.59. The lowest BCUT2D eigenvalue weighted by Gasteiger charge is -2.12. The maximum atomic E-state index is 6.09. The van der Waals surface area contributed by atoms with E-state index in [2.05, 4.69) is 48.4 Å². The van der Waals surface area contributed by atoms with E-state index in [1.54, 1.807) is 11.3 Å². The van der Waals surface area contributed by atoms with Crippen molar-refractivity contribution in [3.63, 3.8) is 0 Å². The highest BCUT2D eigenvalue weighted by Crippen LogP contribution is 2.32. The number of furan rings is 1. The Morgan fingerprint density at radius 2 is 2.20 bits per heavy atom. The van der Waals surface area contributed by atoms with Gasteiger partial charge in [0.1, 0.15) is 17.4 Å². The van der Waals surface area contributed by atoms with Crippen LogP contribution >= 0.6 is 11.3 Å². The minimum absolute atomic E-state index is 0.0815. The zero-order chi connectivity index (χ0) is 14.1. The fourth-order valence-electron chi connectivity index (χ4n) is 2.43. The number of rotatable bonds is 4. The van der Waals surface area contributed by atoms with E-state index in [4.69, 9.17) is 4.42 Å². The topological polar surface area (TPSA) is 38.1 Å². The van der Waals surface area contributed by atoms with Crippen LogP contribution in [0.2, 0.25) is 0 Å². The quantitative estimate of drug-likeness (QED) is 0.781. The highest BCUT2D eigenvalue weighted by molar-refractivity contribution is 7.11. The second-order valence-electron chi connectivity index (χ2n) is 4.91. The van der Waals surface area contributed by atoms with Gasteiger partial charge in [-0.15, -0.1) is 11.3 Å². The minimum Gasteiger partial charge on any atom is -0.459 e. The Morgan fingerprint density at radius 3 is 2.85 bits per heavy atom. The summed E-state index contributed by atoms with van der Waals surface area (Å²) in [6.07, 6.45) is 1.94. The Bertz CT molecular complexity index is 729. The van der Waals surface area contributed by atoms with Crippen LogP contribution in [0.1, 0.15) is 34.2 Å². The summed E-state index contributed by atoms with van der Waals surface area (Å²) in [5.41, 5.74) is 2.15. The molecule has 0 fully saturated rings. The van der Waals surface area contributed by atoms with Gasteiger partial charge in [0.25, 0.3) is 0 Å². The molecule has 3 rings (SSSR count). The monoisotopic (exact) mass is 286 g/mol. The summed E-state index contributed by atoms with van der Waals surface area (Å²) in [5.74, 6) is 0.958. The van der Waals surface area contributed by atoms with Crippen molar-refractivity contribution in [2.45, 2.75) is 26.8 Å². The number of para-hydroxylation sites is 1. The molecule has 0 saturated carbocycles. The van der Waals surface area contributed by atoms with E-state index >= 15 is 0 Å². The molecule has 0 aliphatic carbocycles. The predicted octanol–water partition coefficient (Wildman–Crippen LogP) is 4.21. The van der Waals surface area contributed by atoms with Gasteiger partial charge in [-0.05, 0) is 32.0 Å². The molecule has 2 aromatic heterocycles. The van der Waals surface area contributed by atoms with Crippen LogP contribution in [0.5, 0.6) is 0 Å². The summed E-state index contributed by atoms with van der Waals surface area (Å²) in [4.78, 5) is 5.55. The first-order chi connectivity index (χ1) is 9.69. The van der Waals surface area contributed by atoms with Crippen LogP contribution in [0.3, 0.4) is 0 Å². The van der Waals surface area contributed by atoms with Gasteiger partial charge in [0.05, 0.1) is 5.01 Å². The fraction of sp³-hybridized carbons (Fsp3) is 0.312. The van der Waals surface area contributed by atoms with Gasteiger partial charge in [0, 0.05) is 16.5 Å². The van der Waals surface area contributed by atoms with E-state index in [0.717, 1.165) is 28.3 Å².